The standard InChI is InChI=1S/C22H26N8/c1-14(2)27-22-18-9-15(16-10-25-26-11-16)3-4-20(18)24-12-19(22)21-13-30(29-28-21)17-5-7-23-8-6-17/h3-4,9-14,17,23H,5-8H2,1-2H3,(H,24,27)(H,25,26). The van der Waals surface area contributed by atoms with Gasteiger partial charge >= 0.3 is 0 Å². The molecular weight excluding hydrogens is 376 g/mol. The highest BCUT2D eigenvalue weighted by Gasteiger charge is 2.19. The van der Waals surface area contributed by atoms with Gasteiger partial charge in [-0.05, 0) is 57.5 Å². The summed E-state index contributed by atoms with van der Waals surface area (Å²) in [5.41, 5.74) is 5.95. The number of pyridine rings is 1. The Balaban J connectivity index is 1.61. The van der Waals surface area contributed by atoms with Crippen LogP contribution in [-0.4, -0.2) is 49.3 Å². The molecule has 4 heterocycles. The second kappa shape index (κ2) is 7.87. The molecule has 1 aromatic carbocycles. The molecule has 0 unspecified atom stereocenters. The summed E-state index contributed by atoms with van der Waals surface area (Å²) in [5.74, 6) is 0. The molecular formula is C22H26N8. The quantitative estimate of drug-likeness (QED) is 0.472. The molecule has 1 saturated heterocycles. The number of piperidine rings is 1. The van der Waals surface area contributed by atoms with Crippen LogP contribution in [0.2, 0.25) is 0 Å². The predicted molar refractivity (Wildman–Crippen MR) is 118 cm³/mol. The molecule has 8 nitrogen and oxygen atoms in total. The Morgan fingerprint density at radius 3 is 2.77 bits per heavy atom. The zero-order valence-corrected chi connectivity index (χ0v) is 17.3. The molecule has 30 heavy (non-hydrogen) atoms. The first kappa shape index (κ1) is 18.7. The average molecular weight is 403 g/mol. The van der Waals surface area contributed by atoms with E-state index in [9.17, 15) is 0 Å². The Bertz CT molecular complexity index is 1140. The molecule has 0 aliphatic carbocycles. The van der Waals surface area contributed by atoms with Gasteiger partial charge in [-0.15, -0.1) is 5.10 Å². The molecule has 0 radical (unpaired) electrons. The highest BCUT2D eigenvalue weighted by Crippen LogP contribution is 2.35. The van der Waals surface area contributed by atoms with Crippen LogP contribution < -0.4 is 10.6 Å². The van der Waals surface area contributed by atoms with E-state index in [0.29, 0.717) is 6.04 Å². The second-order valence-electron chi connectivity index (χ2n) is 8.13. The maximum atomic E-state index is 4.72. The van der Waals surface area contributed by atoms with E-state index in [1.165, 1.54) is 0 Å². The lowest BCUT2D eigenvalue weighted by atomic mass is 10.0. The van der Waals surface area contributed by atoms with Crippen molar-refractivity contribution >= 4 is 16.6 Å². The van der Waals surface area contributed by atoms with Gasteiger partial charge in [-0.2, -0.15) is 5.10 Å². The van der Waals surface area contributed by atoms with Gasteiger partial charge < -0.3 is 10.6 Å². The van der Waals surface area contributed by atoms with Crippen LogP contribution in [0.4, 0.5) is 5.69 Å². The Kier molecular flexibility index (Phi) is 4.92. The van der Waals surface area contributed by atoms with E-state index in [1.807, 2.05) is 23.3 Å². The van der Waals surface area contributed by atoms with E-state index in [0.717, 1.165) is 64.9 Å². The molecule has 154 valence electrons. The minimum absolute atomic E-state index is 0.270. The molecule has 5 rings (SSSR count). The summed E-state index contributed by atoms with van der Waals surface area (Å²) in [6, 6.07) is 6.96. The lowest BCUT2D eigenvalue weighted by Crippen LogP contribution is -2.29. The van der Waals surface area contributed by atoms with Crippen molar-refractivity contribution < 1.29 is 0 Å². The smallest absolute Gasteiger partial charge is 0.116 e. The van der Waals surface area contributed by atoms with Gasteiger partial charge in [0.25, 0.3) is 0 Å². The van der Waals surface area contributed by atoms with Crippen molar-refractivity contribution in [2.45, 2.75) is 38.8 Å². The largest absolute Gasteiger partial charge is 0.382 e. The molecule has 1 aliphatic rings. The molecule has 0 saturated carbocycles. The zero-order valence-electron chi connectivity index (χ0n) is 17.3. The minimum Gasteiger partial charge on any atom is -0.382 e. The number of aromatic amines is 1. The van der Waals surface area contributed by atoms with Crippen molar-refractivity contribution in [2.75, 3.05) is 18.4 Å². The summed E-state index contributed by atoms with van der Waals surface area (Å²) >= 11 is 0. The molecule has 1 fully saturated rings. The Morgan fingerprint density at radius 1 is 1.13 bits per heavy atom. The monoisotopic (exact) mass is 402 g/mol. The van der Waals surface area contributed by atoms with Crippen LogP contribution in [0.1, 0.15) is 32.7 Å². The van der Waals surface area contributed by atoms with Crippen molar-refractivity contribution in [2.24, 2.45) is 0 Å². The topological polar surface area (TPSA) is 96.3 Å². The van der Waals surface area contributed by atoms with E-state index in [4.69, 9.17) is 4.98 Å². The number of rotatable bonds is 5. The zero-order chi connectivity index (χ0) is 20.5. The van der Waals surface area contributed by atoms with Crippen LogP contribution in [0.3, 0.4) is 0 Å². The molecule has 4 aromatic rings. The Labute approximate surface area is 175 Å². The molecule has 0 spiro atoms. The van der Waals surface area contributed by atoms with E-state index in [1.54, 1.807) is 0 Å². The number of H-pyrrole nitrogens is 1. The van der Waals surface area contributed by atoms with E-state index in [-0.39, 0.29) is 6.04 Å². The second-order valence-corrected chi connectivity index (χ2v) is 8.13. The van der Waals surface area contributed by atoms with E-state index in [2.05, 4.69) is 69.4 Å². The van der Waals surface area contributed by atoms with E-state index < -0.39 is 0 Å². The van der Waals surface area contributed by atoms with Gasteiger partial charge in [-0.1, -0.05) is 11.3 Å². The molecule has 3 aromatic heterocycles. The molecule has 1 aliphatic heterocycles. The molecule has 0 amide bonds. The van der Waals surface area contributed by atoms with Gasteiger partial charge in [0.2, 0.25) is 0 Å². The van der Waals surface area contributed by atoms with E-state index >= 15 is 0 Å². The fraction of sp³-hybridized carbons (Fsp3) is 0.364. The molecule has 0 atom stereocenters. The normalized spacial score (nSPS) is 15.2. The highest BCUT2D eigenvalue weighted by molar-refractivity contribution is 6.00. The van der Waals surface area contributed by atoms with Crippen LogP contribution in [-0.2, 0) is 0 Å². The lowest BCUT2D eigenvalue weighted by molar-refractivity contribution is 0.337. The number of hydrogen-bond donors (Lipinski definition) is 3. The summed E-state index contributed by atoms with van der Waals surface area (Å²) in [7, 11) is 0. The number of hydrogen-bond acceptors (Lipinski definition) is 6. The van der Waals surface area contributed by atoms with Gasteiger partial charge in [0.1, 0.15) is 5.69 Å². The Morgan fingerprint density at radius 2 is 2.00 bits per heavy atom. The van der Waals surface area contributed by atoms with Gasteiger partial charge in [0.15, 0.2) is 0 Å². The molecule has 0 bridgehead atoms. The number of nitrogens with zero attached hydrogens (tertiary/aromatic N) is 5. The molecule has 3 N–H and O–H groups in total. The number of benzene rings is 1. The van der Waals surface area contributed by atoms with Gasteiger partial charge in [0.05, 0.1) is 29.6 Å². The average Bonchev–Trinajstić information content (AvgIpc) is 3.47. The maximum absolute atomic E-state index is 4.72. The first-order valence-corrected chi connectivity index (χ1v) is 10.5. The lowest BCUT2D eigenvalue weighted by Gasteiger charge is -2.22. The Hall–Kier alpha value is -3.26. The summed E-state index contributed by atoms with van der Waals surface area (Å²) < 4.78 is 2.02. The number of nitrogens with one attached hydrogen (secondary N) is 3. The van der Waals surface area contributed by atoms with Crippen LogP contribution in [0, 0.1) is 0 Å². The van der Waals surface area contributed by atoms with Gasteiger partial charge in [-0.3, -0.25) is 10.1 Å². The highest BCUT2D eigenvalue weighted by atomic mass is 15.4. The number of aromatic nitrogens is 6. The van der Waals surface area contributed by atoms with Crippen LogP contribution >= 0.6 is 0 Å². The summed E-state index contributed by atoms with van der Waals surface area (Å²) in [6.45, 7) is 6.33. The van der Waals surface area contributed by atoms with Crippen molar-refractivity contribution in [3.8, 4) is 22.4 Å². The minimum atomic E-state index is 0.270. The van der Waals surface area contributed by atoms with Crippen molar-refractivity contribution in [3.05, 3.63) is 43.0 Å². The number of anilines is 1. The van der Waals surface area contributed by atoms with Crippen LogP contribution in [0.15, 0.2) is 43.0 Å². The van der Waals surface area contributed by atoms with Crippen LogP contribution in [0.5, 0.6) is 0 Å². The third-order valence-corrected chi connectivity index (χ3v) is 5.60. The predicted octanol–water partition coefficient (Wildman–Crippen LogP) is 3.63. The third-order valence-electron chi connectivity index (χ3n) is 5.60. The summed E-state index contributed by atoms with van der Waals surface area (Å²) in [5, 5.41) is 24.0. The van der Waals surface area contributed by atoms with Crippen LogP contribution in [0.25, 0.3) is 33.3 Å². The molecule has 8 heteroatoms. The third kappa shape index (κ3) is 3.54. The van der Waals surface area contributed by atoms with Crippen molar-refractivity contribution in [1.82, 2.24) is 35.5 Å². The number of fused-ring (bicyclic) bond motifs is 1. The summed E-state index contributed by atoms with van der Waals surface area (Å²) in [4.78, 5) is 4.72. The fourth-order valence-electron chi connectivity index (χ4n) is 4.07. The van der Waals surface area contributed by atoms with Gasteiger partial charge in [-0.25, -0.2) is 4.68 Å². The summed E-state index contributed by atoms with van der Waals surface area (Å²) in [6.07, 6.45) is 9.84. The van der Waals surface area contributed by atoms with Crippen molar-refractivity contribution in [1.29, 1.82) is 0 Å². The maximum Gasteiger partial charge on any atom is 0.116 e. The first-order chi connectivity index (χ1) is 14.7. The fourth-order valence-corrected chi connectivity index (χ4v) is 4.07. The van der Waals surface area contributed by atoms with Gasteiger partial charge in [0, 0.05) is 34.9 Å². The van der Waals surface area contributed by atoms with Crippen molar-refractivity contribution in [3.63, 3.8) is 0 Å². The SMILES string of the molecule is CC(C)Nc1c(-c2cn(C3CCNCC3)nn2)cnc2ccc(-c3cn[nH]c3)cc12. The first-order valence-electron chi connectivity index (χ1n) is 10.5.